The third-order valence-electron chi connectivity index (χ3n) is 1.55. The first-order valence-corrected chi connectivity index (χ1v) is 3.55. The fourth-order valence-corrected chi connectivity index (χ4v) is 1.13. The molecule has 0 bridgehead atoms. The molecule has 0 aromatic heterocycles. The minimum atomic E-state index is -2.73. The van der Waals surface area contributed by atoms with Gasteiger partial charge in [-0.1, -0.05) is 0 Å². The molecule has 1 rings (SSSR count). The second kappa shape index (κ2) is 2.75. The SMILES string of the molecule is CC(F)(F)CC1CCC(=O)O1. The summed E-state index contributed by atoms with van der Waals surface area (Å²) in [5.74, 6) is -3.09. The summed E-state index contributed by atoms with van der Waals surface area (Å²) in [4.78, 5) is 10.5. The van der Waals surface area contributed by atoms with Crippen LogP contribution in [0.15, 0.2) is 0 Å². The first-order chi connectivity index (χ1) is 4.97. The normalized spacial score (nSPS) is 25.4. The van der Waals surface area contributed by atoms with Gasteiger partial charge >= 0.3 is 5.97 Å². The predicted octanol–water partition coefficient (Wildman–Crippen LogP) is 1.74. The van der Waals surface area contributed by atoms with Gasteiger partial charge < -0.3 is 4.74 Å². The summed E-state index contributed by atoms with van der Waals surface area (Å²) >= 11 is 0. The molecular weight excluding hydrogens is 154 g/mol. The molecule has 0 aliphatic carbocycles. The highest BCUT2D eigenvalue weighted by molar-refractivity contribution is 5.71. The van der Waals surface area contributed by atoms with Crippen LogP contribution < -0.4 is 0 Å². The highest BCUT2D eigenvalue weighted by atomic mass is 19.3. The Labute approximate surface area is 63.5 Å². The second-order valence-corrected chi connectivity index (χ2v) is 2.92. The van der Waals surface area contributed by atoms with E-state index in [1.807, 2.05) is 0 Å². The van der Waals surface area contributed by atoms with Gasteiger partial charge in [-0.2, -0.15) is 0 Å². The molecule has 4 heteroatoms. The van der Waals surface area contributed by atoms with Gasteiger partial charge in [0.1, 0.15) is 6.10 Å². The molecular formula is C7H10F2O2. The lowest BCUT2D eigenvalue weighted by Gasteiger charge is -2.14. The van der Waals surface area contributed by atoms with E-state index in [1.165, 1.54) is 0 Å². The molecule has 1 fully saturated rings. The average molecular weight is 164 g/mol. The smallest absolute Gasteiger partial charge is 0.306 e. The number of carbonyl (C=O) groups excluding carboxylic acids is 1. The van der Waals surface area contributed by atoms with Gasteiger partial charge in [-0.05, 0) is 13.3 Å². The van der Waals surface area contributed by atoms with E-state index in [0.29, 0.717) is 6.42 Å². The molecule has 0 spiro atoms. The van der Waals surface area contributed by atoms with Crippen LogP contribution in [0, 0.1) is 0 Å². The summed E-state index contributed by atoms with van der Waals surface area (Å²) in [6.07, 6.45) is -0.204. The Kier molecular flexibility index (Phi) is 2.11. The van der Waals surface area contributed by atoms with Crippen molar-refractivity contribution in [2.75, 3.05) is 0 Å². The fraction of sp³-hybridized carbons (Fsp3) is 0.857. The standard InChI is InChI=1S/C7H10F2O2/c1-7(8,9)4-5-2-3-6(10)11-5/h5H,2-4H2,1H3. The molecule has 1 saturated heterocycles. The number of hydrogen-bond donors (Lipinski definition) is 0. The third-order valence-corrected chi connectivity index (χ3v) is 1.55. The molecule has 1 aliphatic rings. The monoisotopic (exact) mass is 164 g/mol. The Bertz CT molecular complexity index is 162. The lowest BCUT2D eigenvalue weighted by molar-refractivity contribution is -0.143. The van der Waals surface area contributed by atoms with E-state index in [2.05, 4.69) is 4.74 Å². The zero-order valence-corrected chi connectivity index (χ0v) is 6.27. The maximum absolute atomic E-state index is 12.3. The zero-order chi connectivity index (χ0) is 8.48. The van der Waals surface area contributed by atoms with Gasteiger partial charge in [-0.25, -0.2) is 8.78 Å². The van der Waals surface area contributed by atoms with Crippen LogP contribution in [-0.4, -0.2) is 18.0 Å². The molecule has 0 N–H and O–H groups in total. The summed E-state index contributed by atoms with van der Waals surface area (Å²) in [7, 11) is 0. The molecule has 0 saturated carbocycles. The van der Waals surface area contributed by atoms with E-state index >= 15 is 0 Å². The van der Waals surface area contributed by atoms with Gasteiger partial charge in [0, 0.05) is 12.8 Å². The van der Waals surface area contributed by atoms with Crippen LogP contribution in [-0.2, 0) is 9.53 Å². The Hall–Kier alpha value is -0.670. The lowest BCUT2D eigenvalue weighted by Crippen LogP contribution is -2.20. The topological polar surface area (TPSA) is 26.3 Å². The molecule has 11 heavy (non-hydrogen) atoms. The van der Waals surface area contributed by atoms with E-state index in [9.17, 15) is 13.6 Å². The Morgan fingerprint density at radius 2 is 2.36 bits per heavy atom. The number of carbonyl (C=O) groups is 1. The van der Waals surface area contributed by atoms with E-state index in [4.69, 9.17) is 0 Å². The maximum Gasteiger partial charge on any atom is 0.306 e. The first kappa shape index (κ1) is 8.43. The van der Waals surface area contributed by atoms with Crippen molar-refractivity contribution in [1.82, 2.24) is 0 Å². The van der Waals surface area contributed by atoms with Crippen molar-refractivity contribution in [2.24, 2.45) is 0 Å². The molecule has 0 aromatic carbocycles. The number of ether oxygens (including phenoxy) is 1. The number of cyclic esters (lactones) is 1. The predicted molar refractivity (Wildman–Crippen MR) is 34.4 cm³/mol. The number of esters is 1. The summed E-state index contributed by atoms with van der Waals surface area (Å²) in [6, 6.07) is 0. The quantitative estimate of drug-likeness (QED) is 0.581. The Balaban J connectivity index is 2.34. The Morgan fingerprint density at radius 3 is 2.73 bits per heavy atom. The van der Waals surface area contributed by atoms with Crippen molar-refractivity contribution in [3.8, 4) is 0 Å². The number of rotatable bonds is 2. The maximum atomic E-state index is 12.3. The van der Waals surface area contributed by atoms with Crippen molar-refractivity contribution in [3.05, 3.63) is 0 Å². The van der Waals surface area contributed by atoms with Gasteiger partial charge in [0.2, 0.25) is 5.92 Å². The van der Waals surface area contributed by atoms with E-state index in [0.717, 1.165) is 6.92 Å². The lowest BCUT2D eigenvalue weighted by atomic mass is 10.1. The summed E-state index contributed by atoms with van der Waals surface area (Å²) in [6.45, 7) is 0.832. The molecule has 1 aliphatic heterocycles. The van der Waals surface area contributed by atoms with Crippen LogP contribution in [0.25, 0.3) is 0 Å². The van der Waals surface area contributed by atoms with Crippen LogP contribution in [0.5, 0.6) is 0 Å². The van der Waals surface area contributed by atoms with E-state index in [1.54, 1.807) is 0 Å². The van der Waals surface area contributed by atoms with Gasteiger partial charge in [0.25, 0.3) is 0 Å². The van der Waals surface area contributed by atoms with Crippen molar-refractivity contribution in [1.29, 1.82) is 0 Å². The average Bonchev–Trinajstić information content (AvgIpc) is 2.10. The van der Waals surface area contributed by atoms with Crippen molar-refractivity contribution in [3.63, 3.8) is 0 Å². The van der Waals surface area contributed by atoms with Gasteiger partial charge in [-0.3, -0.25) is 4.79 Å². The summed E-state index contributed by atoms with van der Waals surface area (Å²) < 4.78 is 29.2. The highest BCUT2D eigenvalue weighted by Gasteiger charge is 2.32. The van der Waals surface area contributed by atoms with Crippen LogP contribution >= 0.6 is 0 Å². The van der Waals surface area contributed by atoms with Crippen LogP contribution in [0.1, 0.15) is 26.2 Å². The Morgan fingerprint density at radius 1 is 1.73 bits per heavy atom. The third kappa shape index (κ3) is 2.82. The van der Waals surface area contributed by atoms with E-state index < -0.39 is 12.0 Å². The molecule has 0 aromatic rings. The molecule has 0 amide bonds. The van der Waals surface area contributed by atoms with Crippen LogP contribution in [0.4, 0.5) is 8.78 Å². The number of hydrogen-bond acceptors (Lipinski definition) is 2. The number of halogens is 2. The van der Waals surface area contributed by atoms with Crippen molar-refractivity contribution in [2.45, 2.75) is 38.2 Å². The molecule has 64 valence electrons. The van der Waals surface area contributed by atoms with Crippen LogP contribution in [0.2, 0.25) is 0 Å². The number of alkyl halides is 2. The molecule has 1 unspecified atom stereocenters. The molecule has 2 nitrogen and oxygen atoms in total. The second-order valence-electron chi connectivity index (χ2n) is 2.92. The van der Waals surface area contributed by atoms with Gasteiger partial charge in [0.05, 0.1) is 0 Å². The summed E-state index contributed by atoms with van der Waals surface area (Å²) in [5.41, 5.74) is 0. The molecule has 1 atom stereocenters. The molecule has 0 radical (unpaired) electrons. The van der Waals surface area contributed by atoms with Crippen molar-refractivity contribution < 1.29 is 18.3 Å². The minimum absolute atomic E-state index is 0.279. The van der Waals surface area contributed by atoms with Crippen molar-refractivity contribution >= 4 is 5.97 Å². The van der Waals surface area contributed by atoms with Crippen LogP contribution in [0.3, 0.4) is 0 Å². The minimum Gasteiger partial charge on any atom is -0.462 e. The largest absolute Gasteiger partial charge is 0.462 e. The molecule has 1 heterocycles. The van der Waals surface area contributed by atoms with Gasteiger partial charge in [0.15, 0.2) is 0 Å². The zero-order valence-electron chi connectivity index (χ0n) is 6.27. The summed E-state index contributed by atoms with van der Waals surface area (Å²) in [5, 5.41) is 0. The van der Waals surface area contributed by atoms with Gasteiger partial charge in [-0.15, -0.1) is 0 Å². The first-order valence-electron chi connectivity index (χ1n) is 3.55. The highest BCUT2D eigenvalue weighted by Crippen LogP contribution is 2.26. The van der Waals surface area contributed by atoms with E-state index in [-0.39, 0.29) is 18.8 Å². The fourth-order valence-electron chi connectivity index (χ4n) is 1.13.